The first kappa shape index (κ1) is 13.8. The number of hydrogen-bond acceptors (Lipinski definition) is 4. The van der Waals surface area contributed by atoms with Gasteiger partial charge in [-0.1, -0.05) is 12.1 Å². The summed E-state index contributed by atoms with van der Waals surface area (Å²) in [6.07, 6.45) is 2.56. The number of hydrogen-bond donors (Lipinski definition) is 2. The number of rotatable bonds is 4. The fraction of sp³-hybridized carbons (Fsp3) is 0.400. The highest BCUT2D eigenvalue weighted by molar-refractivity contribution is 6.01. The summed E-state index contributed by atoms with van der Waals surface area (Å²) in [5.41, 5.74) is 1.99. The lowest BCUT2D eigenvalue weighted by Crippen LogP contribution is -2.18. The van der Waals surface area contributed by atoms with E-state index in [4.69, 9.17) is 0 Å². The fourth-order valence-electron chi connectivity index (χ4n) is 2.58. The molecule has 6 nitrogen and oxygen atoms in total. The van der Waals surface area contributed by atoms with Gasteiger partial charge in [0.25, 0.3) is 5.91 Å². The predicted octanol–water partition coefficient (Wildman–Crippen LogP) is 1.96. The molecule has 3 rings (SSSR count). The topological polar surface area (TPSA) is 73.9 Å². The van der Waals surface area contributed by atoms with Crippen molar-refractivity contribution >= 4 is 11.6 Å². The van der Waals surface area contributed by atoms with Crippen LogP contribution in [0.15, 0.2) is 24.3 Å². The number of nitrogens with one attached hydrogen (secondary N) is 2. The fourth-order valence-corrected chi connectivity index (χ4v) is 2.58. The Hall–Kier alpha value is -2.21. The van der Waals surface area contributed by atoms with Gasteiger partial charge in [-0.2, -0.15) is 0 Å². The summed E-state index contributed by atoms with van der Waals surface area (Å²) >= 11 is 0. The minimum absolute atomic E-state index is 0.164. The number of aromatic amines is 1. The van der Waals surface area contributed by atoms with Crippen LogP contribution in [-0.2, 0) is 6.54 Å². The Morgan fingerprint density at radius 3 is 2.90 bits per heavy atom. The highest BCUT2D eigenvalue weighted by atomic mass is 16.2. The van der Waals surface area contributed by atoms with E-state index < -0.39 is 0 Å². The molecule has 0 unspecified atom stereocenters. The maximum absolute atomic E-state index is 12.0. The summed E-state index contributed by atoms with van der Waals surface area (Å²) in [5, 5.41) is 9.36. The van der Waals surface area contributed by atoms with Crippen molar-refractivity contribution in [2.75, 3.05) is 18.4 Å². The van der Waals surface area contributed by atoms with Gasteiger partial charge in [0.05, 0.1) is 0 Å². The number of anilines is 1. The Morgan fingerprint density at radius 1 is 1.38 bits per heavy atom. The van der Waals surface area contributed by atoms with Crippen molar-refractivity contribution < 1.29 is 4.79 Å². The molecule has 1 aromatic carbocycles. The second-order valence-corrected chi connectivity index (χ2v) is 5.38. The molecule has 0 spiro atoms. The van der Waals surface area contributed by atoms with Crippen LogP contribution in [0.1, 0.15) is 34.8 Å². The zero-order valence-corrected chi connectivity index (χ0v) is 12.1. The number of likely N-dealkylation sites (tertiary alicyclic amines) is 1. The lowest BCUT2D eigenvalue weighted by Gasteiger charge is -2.15. The van der Waals surface area contributed by atoms with E-state index in [9.17, 15) is 4.79 Å². The highest BCUT2D eigenvalue weighted by Crippen LogP contribution is 2.16. The number of benzene rings is 1. The van der Waals surface area contributed by atoms with Gasteiger partial charge in [-0.05, 0) is 50.6 Å². The van der Waals surface area contributed by atoms with E-state index in [1.807, 2.05) is 18.2 Å². The van der Waals surface area contributed by atoms with Gasteiger partial charge in [0, 0.05) is 12.2 Å². The van der Waals surface area contributed by atoms with E-state index in [0.29, 0.717) is 5.82 Å². The van der Waals surface area contributed by atoms with Gasteiger partial charge in [0.2, 0.25) is 5.82 Å². The van der Waals surface area contributed by atoms with Crippen LogP contribution in [0.3, 0.4) is 0 Å². The van der Waals surface area contributed by atoms with E-state index in [0.717, 1.165) is 25.3 Å². The van der Waals surface area contributed by atoms with Crippen LogP contribution in [0, 0.1) is 6.92 Å². The van der Waals surface area contributed by atoms with Crippen molar-refractivity contribution in [1.29, 1.82) is 0 Å². The molecule has 1 aromatic heterocycles. The Bertz CT molecular complexity index is 630. The van der Waals surface area contributed by atoms with Gasteiger partial charge in [-0.3, -0.25) is 14.8 Å². The Balaban J connectivity index is 1.66. The van der Waals surface area contributed by atoms with Crippen LogP contribution in [0.2, 0.25) is 0 Å². The summed E-state index contributed by atoms with van der Waals surface area (Å²) < 4.78 is 0. The van der Waals surface area contributed by atoms with Crippen LogP contribution < -0.4 is 5.32 Å². The minimum atomic E-state index is -0.294. The van der Waals surface area contributed by atoms with Crippen molar-refractivity contribution in [2.24, 2.45) is 0 Å². The third-order valence-corrected chi connectivity index (χ3v) is 3.59. The second-order valence-electron chi connectivity index (χ2n) is 5.38. The summed E-state index contributed by atoms with van der Waals surface area (Å²) in [4.78, 5) is 18.5. The van der Waals surface area contributed by atoms with Crippen molar-refractivity contribution in [1.82, 2.24) is 20.1 Å². The van der Waals surface area contributed by atoms with Crippen LogP contribution in [0.5, 0.6) is 0 Å². The van der Waals surface area contributed by atoms with Crippen LogP contribution in [0.25, 0.3) is 0 Å². The molecule has 0 saturated carbocycles. The maximum atomic E-state index is 12.0. The number of H-pyrrole nitrogens is 1. The molecule has 2 heterocycles. The van der Waals surface area contributed by atoms with Crippen molar-refractivity contribution in [3.8, 4) is 0 Å². The number of amides is 1. The second kappa shape index (κ2) is 6.05. The van der Waals surface area contributed by atoms with Gasteiger partial charge in [0.1, 0.15) is 5.82 Å². The number of aryl methyl sites for hydroxylation is 1. The van der Waals surface area contributed by atoms with Gasteiger partial charge >= 0.3 is 0 Å². The van der Waals surface area contributed by atoms with E-state index in [2.05, 4.69) is 31.5 Å². The van der Waals surface area contributed by atoms with E-state index >= 15 is 0 Å². The molecule has 1 aliphatic heterocycles. The summed E-state index contributed by atoms with van der Waals surface area (Å²) in [7, 11) is 0. The van der Waals surface area contributed by atoms with E-state index in [1.165, 1.54) is 18.4 Å². The molecule has 1 aliphatic rings. The predicted molar refractivity (Wildman–Crippen MR) is 80.0 cm³/mol. The number of carbonyl (C=O) groups is 1. The summed E-state index contributed by atoms with van der Waals surface area (Å²) in [6, 6.07) is 7.94. The molecule has 21 heavy (non-hydrogen) atoms. The highest BCUT2D eigenvalue weighted by Gasteiger charge is 2.13. The quantitative estimate of drug-likeness (QED) is 0.900. The average molecular weight is 285 g/mol. The van der Waals surface area contributed by atoms with Crippen molar-refractivity contribution in [3.63, 3.8) is 0 Å². The zero-order valence-electron chi connectivity index (χ0n) is 12.1. The average Bonchev–Trinajstić information content (AvgIpc) is 3.11. The van der Waals surface area contributed by atoms with Crippen molar-refractivity contribution in [3.05, 3.63) is 41.5 Å². The van der Waals surface area contributed by atoms with Crippen LogP contribution in [-0.4, -0.2) is 39.1 Å². The molecule has 2 N–H and O–H groups in total. The first-order chi connectivity index (χ1) is 10.2. The lowest BCUT2D eigenvalue weighted by atomic mass is 10.2. The monoisotopic (exact) mass is 285 g/mol. The van der Waals surface area contributed by atoms with Crippen molar-refractivity contribution in [2.45, 2.75) is 26.3 Å². The molecule has 110 valence electrons. The molecule has 1 amide bonds. The van der Waals surface area contributed by atoms with Crippen LogP contribution in [0.4, 0.5) is 5.69 Å². The standard InChI is InChI=1S/C15H19N5O/c1-11-16-14(19-18-11)15(21)17-13-6-4-5-12(9-13)10-20-7-2-3-8-20/h4-6,9H,2-3,7-8,10H2,1H3,(H,17,21)(H,16,18,19). The molecular formula is C15H19N5O. The smallest absolute Gasteiger partial charge is 0.295 e. The lowest BCUT2D eigenvalue weighted by molar-refractivity contribution is 0.101. The first-order valence-corrected chi connectivity index (χ1v) is 7.22. The third-order valence-electron chi connectivity index (χ3n) is 3.59. The summed E-state index contributed by atoms with van der Waals surface area (Å²) in [5.74, 6) is 0.498. The Labute approximate surface area is 123 Å². The molecule has 0 aliphatic carbocycles. The molecule has 0 bridgehead atoms. The maximum Gasteiger partial charge on any atom is 0.295 e. The number of nitrogens with zero attached hydrogens (tertiary/aromatic N) is 3. The van der Waals surface area contributed by atoms with Gasteiger partial charge in [-0.15, -0.1) is 5.10 Å². The first-order valence-electron chi connectivity index (χ1n) is 7.22. The van der Waals surface area contributed by atoms with E-state index in [-0.39, 0.29) is 11.7 Å². The van der Waals surface area contributed by atoms with Gasteiger partial charge in [-0.25, -0.2) is 4.98 Å². The Morgan fingerprint density at radius 2 is 2.19 bits per heavy atom. The molecule has 1 fully saturated rings. The SMILES string of the molecule is Cc1nc(C(=O)Nc2cccc(CN3CCCC3)c2)n[nH]1. The number of aromatic nitrogens is 3. The number of carbonyl (C=O) groups excluding carboxylic acids is 1. The molecule has 6 heteroatoms. The Kier molecular flexibility index (Phi) is 3.96. The zero-order chi connectivity index (χ0) is 14.7. The molecule has 1 saturated heterocycles. The molecule has 0 radical (unpaired) electrons. The largest absolute Gasteiger partial charge is 0.319 e. The third kappa shape index (κ3) is 3.46. The van der Waals surface area contributed by atoms with E-state index in [1.54, 1.807) is 6.92 Å². The minimum Gasteiger partial charge on any atom is -0.319 e. The molecule has 2 aromatic rings. The normalized spacial score (nSPS) is 15.3. The van der Waals surface area contributed by atoms with Gasteiger partial charge < -0.3 is 5.32 Å². The summed E-state index contributed by atoms with van der Waals surface area (Å²) in [6.45, 7) is 5.02. The molecular weight excluding hydrogens is 266 g/mol. The van der Waals surface area contributed by atoms with Gasteiger partial charge in [0.15, 0.2) is 0 Å². The molecule has 0 atom stereocenters. The van der Waals surface area contributed by atoms with Crippen LogP contribution >= 0.6 is 0 Å².